The van der Waals surface area contributed by atoms with E-state index in [-0.39, 0.29) is 17.4 Å². The number of rotatable bonds is 7. The molecule has 168 valence electrons. The van der Waals surface area contributed by atoms with Crippen LogP contribution >= 0.6 is 11.3 Å². The molecule has 1 atom stereocenters. The maximum atomic E-state index is 13.0. The highest BCUT2D eigenvalue weighted by atomic mass is 32.1. The highest BCUT2D eigenvalue weighted by molar-refractivity contribution is 7.21. The molecule has 2 aromatic heterocycles. The van der Waals surface area contributed by atoms with Gasteiger partial charge in [0.05, 0.1) is 6.04 Å². The van der Waals surface area contributed by atoms with E-state index < -0.39 is 0 Å². The molecule has 5 rings (SSSR count). The van der Waals surface area contributed by atoms with E-state index in [1.807, 2.05) is 42.5 Å². The quantitative estimate of drug-likeness (QED) is 0.431. The summed E-state index contributed by atoms with van der Waals surface area (Å²) in [6.07, 6.45) is 3.86. The number of nitrogens with one attached hydrogen (secondary N) is 1. The number of anilines is 1. The average Bonchev–Trinajstić information content (AvgIpc) is 3.50. The molecular weight excluding hydrogens is 432 g/mol. The number of aromatic amines is 1. The van der Waals surface area contributed by atoms with Crippen molar-refractivity contribution in [3.8, 4) is 11.4 Å². The summed E-state index contributed by atoms with van der Waals surface area (Å²) in [6.45, 7) is 2.85. The number of aromatic nitrogens is 3. The minimum Gasteiger partial charge on any atom is -0.338 e. The van der Waals surface area contributed by atoms with E-state index in [2.05, 4.69) is 33.9 Å². The number of hydrogen-bond donors (Lipinski definition) is 1. The molecule has 1 aliphatic rings. The van der Waals surface area contributed by atoms with E-state index in [9.17, 15) is 9.59 Å². The molecule has 1 aliphatic heterocycles. The van der Waals surface area contributed by atoms with Crippen LogP contribution in [-0.2, 0) is 17.6 Å². The van der Waals surface area contributed by atoms with Crippen molar-refractivity contribution in [2.45, 2.75) is 45.1 Å². The summed E-state index contributed by atoms with van der Waals surface area (Å²) < 4.78 is 0. The number of Topliss-reactive ketones (excluding diaryl/α,β-unsaturated/α-hetero) is 1. The first-order valence-corrected chi connectivity index (χ1v) is 12.3. The predicted molar refractivity (Wildman–Crippen MR) is 133 cm³/mol. The fraction of sp³-hybridized carbons (Fsp3) is 0.308. The van der Waals surface area contributed by atoms with Crippen LogP contribution in [0.3, 0.4) is 0 Å². The number of carbonyl (C=O) groups is 1. The average molecular weight is 459 g/mol. The first-order valence-electron chi connectivity index (χ1n) is 11.5. The minimum absolute atomic E-state index is 0.186. The smallest absolute Gasteiger partial charge is 0.278 e. The van der Waals surface area contributed by atoms with Crippen LogP contribution in [0.5, 0.6) is 0 Å². The van der Waals surface area contributed by atoms with E-state index >= 15 is 0 Å². The van der Waals surface area contributed by atoms with Crippen LogP contribution in [0.4, 0.5) is 5.13 Å². The molecule has 1 N–H and O–H groups in total. The third-order valence-corrected chi connectivity index (χ3v) is 7.27. The lowest BCUT2D eigenvalue weighted by Crippen LogP contribution is -2.36. The Morgan fingerprint density at radius 3 is 2.73 bits per heavy atom. The second-order valence-electron chi connectivity index (χ2n) is 8.38. The number of thiazole rings is 1. The van der Waals surface area contributed by atoms with Crippen molar-refractivity contribution in [3.63, 3.8) is 0 Å². The van der Waals surface area contributed by atoms with Crippen LogP contribution < -0.4 is 10.5 Å². The number of aryl methyl sites for hydroxylation is 2. The summed E-state index contributed by atoms with van der Waals surface area (Å²) in [5.74, 6) is 0.798. The van der Waals surface area contributed by atoms with Gasteiger partial charge in [-0.3, -0.25) is 9.59 Å². The number of carbonyl (C=O) groups excluding carboxylic acids is 1. The summed E-state index contributed by atoms with van der Waals surface area (Å²) in [5.41, 5.74) is 3.34. The van der Waals surface area contributed by atoms with Crippen LogP contribution in [0.2, 0.25) is 0 Å². The van der Waals surface area contributed by atoms with Gasteiger partial charge in [0, 0.05) is 18.5 Å². The van der Waals surface area contributed by atoms with E-state index in [0.717, 1.165) is 43.4 Å². The first-order chi connectivity index (χ1) is 16.1. The lowest BCUT2D eigenvalue weighted by Gasteiger charge is -2.22. The molecular formula is C26H26N4O2S. The van der Waals surface area contributed by atoms with Gasteiger partial charge in [-0.05, 0) is 36.8 Å². The van der Waals surface area contributed by atoms with Gasteiger partial charge in [-0.1, -0.05) is 72.9 Å². The fourth-order valence-electron chi connectivity index (χ4n) is 4.54. The van der Waals surface area contributed by atoms with Crippen molar-refractivity contribution >= 4 is 32.6 Å². The Kier molecular flexibility index (Phi) is 6.05. The largest absolute Gasteiger partial charge is 0.338 e. The van der Waals surface area contributed by atoms with Crippen LogP contribution in [0.25, 0.3) is 21.7 Å². The van der Waals surface area contributed by atoms with Gasteiger partial charge < -0.3 is 9.88 Å². The number of H-pyrrole nitrogens is 1. The Morgan fingerprint density at radius 1 is 1.12 bits per heavy atom. The Hall–Kier alpha value is -3.32. The molecule has 0 unspecified atom stereocenters. The summed E-state index contributed by atoms with van der Waals surface area (Å²) >= 11 is 1.40. The maximum Gasteiger partial charge on any atom is 0.278 e. The fourth-order valence-corrected chi connectivity index (χ4v) is 5.56. The second-order valence-corrected chi connectivity index (χ2v) is 9.33. The molecule has 33 heavy (non-hydrogen) atoms. The Bertz CT molecular complexity index is 1350. The van der Waals surface area contributed by atoms with E-state index in [1.54, 1.807) is 0 Å². The standard InChI is InChI=1S/C26H26N4O2S/c1-2-18-11-6-7-12-19(18)23-28-24(32)22-25(29-23)33-26(27-22)30-16-8-13-20(30)21(31)15-14-17-9-4-3-5-10-17/h3-7,9-12,20H,2,8,13-16H2,1H3,(H,28,29,32)/t20-/m1/s1. The predicted octanol–water partition coefficient (Wildman–Crippen LogP) is 4.78. The summed E-state index contributed by atoms with van der Waals surface area (Å²) in [6, 6.07) is 17.9. The molecule has 0 aliphatic carbocycles. The van der Waals surface area contributed by atoms with Crippen molar-refractivity contribution in [2.24, 2.45) is 0 Å². The van der Waals surface area contributed by atoms with Crippen molar-refractivity contribution in [1.82, 2.24) is 15.0 Å². The van der Waals surface area contributed by atoms with Crippen LogP contribution in [0.1, 0.15) is 37.3 Å². The molecule has 0 radical (unpaired) electrons. The van der Waals surface area contributed by atoms with Crippen molar-refractivity contribution in [2.75, 3.05) is 11.4 Å². The zero-order valence-corrected chi connectivity index (χ0v) is 19.4. The van der Waals surface area contributed by atoms with E-state index in [0.29, 0.717) is 27.7 Å². The maximum absolute atomic E-state index is 13.0. The van der Waals surface area contributed by atoms with Crippen LogP contribution in [0, 0.1) is 0 Å². The topological polar surface area (TPSA) is 79.0 Å². The number of nitrogens with zero attached hydrogens (tertiary/aromatic N) is 3. The molecule has 4 aromatic rings. The molecule has 0 amide bonds. The summed E-state index contributed by atoms with van der Waals surface area (Å²) in [7, 11) is 0. The van der Waals surface area contributed by atoms with Gasteiger partial charge in [0.1, 0.15) is 5.82 Å². The van der Waals surface area contributed by atoms with E-state index in [4.69, 9.17) is 4.98 Å². The molecule has 3 heterocycles. The Balaban J connectivity index is 1.41. The highest BCUT2D eigenvalue weighted by Gasteiger charge is 2.32. The second kappa shape index (κ2) is 9.27. The number of fused-ring (bicyclic) bond motifs is 1. The van der Waals surface area contributed by atoms with Gasteiger partial charge in [0.25, 0.3) is 5.56 Å². The summed E-state index contributed by atoms with van der Waals surface area (Å²) in [4.78, 5) is 40.8. The minimum atomic E-state index is -0.241. The first kappa shape index (κ1) is 21.5. The monoisotopic (exact) mass is 458 g/mol. The number of hydrogen-bond acceptors (Lipinski definition) is 6. The van der Waals surface area contributed by atoms with E-state index in [1.165, 1.54) is 16.9 Å². The zero-order valence-electron chi connectivity index (χ0n) is 18.6. The van der Waals surface area contributed by atoms with Gasteiger partial charge in [-0.15, -0.1) is 0 Å². The molecule has 0 bridgehead atoms. The van der Waals surface area contributed by atoms with Gasteiger partial charge in [-0.25, -0.2) is 9.97 Å². The van der Waals surface area contributed by atoms with Gasteiger partial charge >= 0.3 is 0 Å². The lowest BCUT2D eigenvalue weighted by atomic mass is 10.0. The third-order valence-electron chi connectivity index (χ3n) is 6.28. The molecule has 6 nitrogen and oxygen atoms in total. The molecule has 7 heteroatoms. The SMILES string of the molecule is CCc1ccccc1-c1nc2sc(N3CCC[C@@H]3C(=O)CCc3ccccc3)nc2c(=O)[nH]1. The van der Waals surface area contributed by atoms with Gasteiger partial charge in [-0.2, -0.15) is 0 Å². The normalized spacial score (nSPS) is 15.9. The molecule has 2 aromatic carbocycles. The third kappa shape index (κ3) is 4.33. The van der Waals surface area contributed by atoms with Crippen molar-refractivity contribution in [3.05, 3.63) is 76.1 Å². The van der Waals surface area contributed by atoms with Crippen LogP contribution in [-0.4, -0.2) is 33.3 Å². The molecule has 1 saturated heterocycles. The molecule has 1 fully saturated rings. The summed E-state index contributed by atoms with van der Waals surface area (Å²) in [5, 5.41) is 0.708. The van der Waals surface area contributed by atoms with Gasteiger partial charge in [0.15, 0.2) is 21.3 Å². The number of ketones is 1. The Morgan fingerprint density at radius 2 is 1.91 bits per heavy atom. The Labute approximate surface area is 196 Å². The van der Waals surface area contributed by atoms with Crippen LogP contribution in [0.15, 0.2) is 59.4 Å². The lowest BCUT2D eigenvalue weighted by molar-refractivity contribution is -0.120. The van der Waals surface area contributed by atoms with Crippen molar-refractivity contribution < 1.29 is 4.79 Å². The van der Waals surface area contributed by atoms with Crippen molar-refractivity contribution in [1.29, 1.82) is 0 Å². The number of benzene rings is 2. The zero-order chi connectivity index (χ0) is 22.8. The molecule has 0 spiro atoms. The van der Waals surface area contributed by atoms with Gasteiger partial charge in [0.2, 0.25) is 0 Å². The molecule has 0 saturated carbocycles. The highest BCUT2D eigenvalue weighted by Crippen LogP contribution is 2.33.